The zero-order valence-corrected chi connectivity index (χ0v) is 23.7. The first-order chi connectivity index (χ1) is 19.7. The van der Waals surface area contributed by atoms with Gasteiger partial charge in [0.15, 0.2) is 0 Å². The summed E-state index contributed by atoms with van der Waals surface area (Å²) in [4.78, 5) is 28.4. The van der Waals surface area contributed by atoms with E-state index >= 15 is 0 Å². The monoisotopic (exact) mass is 541 g/mol. The molecule has 4 nitrogen and oxygen atoms in total. The topological polar surface area (TPSA) is 57.6 Å². The van der Waals surface area contributed by atoms with Gasteiger partial charge >= 0.3 is 5.97 Å². The highest BCUT2D eigenvalue weighted by molar-refractivity contribution is 5.97. The molecule has 0 aliphatic rings. The Bertz CT molecular complexity index is 1640. The molecule has 41 heavy (non-hydrogen) atoms. The van der Waals surface area contributed by atoms with Gasteiger partial charge in [-0.25, -0.2) is 4.79 Å². The summed E-state index contributed by atoms with van der Waals surface area (Å²) in [7, 11) is 0. The number of aliphatic carboxylic acids is 1. The van der Waals surface area contributed by atoms with Crippen LogP contribution in [0.5, 0.6) is 0 Å². The number of fused-ring (bicyclic) bond motifs is 1. The molecule has 5 rings (SSSR count). The van der Waals surface area contributed by atoms with Crippen LogP contribution in [0.4, 0.5) is 0 Å². The molecule has 0 radical (unpaired) electrons. The van der Waals surface area contributed by atoms with Crippen molar-refractivity contribution < 1.29 is 14.7 Å². The second kappa shape index (κ2) is 11.8. The minimum Gasteiger partial charge on any atom is -0.480 e. The molecule has 0 saturated carbocycles. The van der Waals surface area contributed by atoms with Crippen LogP contribution >= 0.6 is 0 Å². The lowest BCUT2D eigenvalue weighted by atomic mass is 9.86. The van der Waals surface area contributed by atoms with Gasteiger partial charge in [0, 0.05) is 18.5 Å². The summed E-state index contributed by atoms with van der Waals surface area (Å²) in [6, 6.07) is 38.4. The largest absolute Gasteiger partial charge is 0.480 e. The Kier molecular flexibility index (Phi) is 8.02. The van der Waals surface area contributed by atoms with Crippen molar-refractivity contribution in [3.8, 4) is 11.1 Å². The number of amides is 1. The minimum atomic E-state index is -1.05. The Labute approximate surface area is 241 Å². The van der Waals surface area contributed by atoms with Gasteiger partial charge < -0.3 is 10.0 Å². The first-order valence-electron chi connectivity index (χ1n) is 14.0. The number of carboxylic acids is 1. The molecule has 206 valence electrons. The number of carboxylic acid groups (broad SMARTS) is 1. The van der Waals surface area contributed by atoms with E-state index in [1.807, 2.05) is 121 Å². The van der Waals surface area contributed by atoms with Gasteiger partial charge in [0.1, 0.15) is 6.04 Å². The van der Waals surface area contributed by atoms with Gasteiger partial charge in [0.2, 0.25) is 0 Å². The predicted octanol–water partition coefficient (Wildman–Crippen LogP) is 8.14. The van der Waals surface area contributed by atoms with Gasteiger partial charge in [0.05, 0.1) is 0 Å². The minimum absolute atomic E-state index is 0.0558. The first kappa shape index (κ1) is 27.9. The Morgan fingerprint density at radius 1 is 0.707 bits per heavy atom. The third-order valence-corrected chi connectivity index (χ3v) is 7.63. The Morgan fingerprint density at radius 2 is 1.32 bits per heavy atom. The molecule has 1 amide bonds. The van der Waals surface area contributed by atoms with Crippen molar-refractivity contribution in [2.75, 3.05) is 0 Å². The SMILES string of the molecule is CC(C)(C)c1ccc(C(=O)N(Cc2cccc3ccccc23)[C@H](Cc2ccc(-c3ccccc3)cc2)C(=O)O)cc1. The number of rotatable bonds is 8. The van der Waals surface area contributed by atoms with E-state index in [2.05, 4.69) is 20.8 Å². The molecule has 0 unspecified atom stereocenters. The molecule has 5 aromatic rings. The lowest BCUT2D eigenvalue weighted by Gasteiger charge is -2.30. The third-order valence-electron chi connectivity index (χ3n) is 7.63. The zero-order chi connectivity index (χ0) is 29.0. The van der Waals surface area contributed by atoms with Crippen LogP contribution in [0.1, 0.15) is 47.8 Å². The molecule has 0 aliphatic carbocycles. The molecule has 0 fully saturated rings. The number of hydrogen-bond acceptors (Lipinski definition) is 2. The molecule has 5 aromatic carbocycles. The lowest BCUT2D eigenvalue weighted by molar-refractivity contribution is -0.142. The lowest BCUT2D eigenvalue weighted by Crippen LogP contribution is -2.46. The van der Waals surface area contributed by atoms with E-state index in [0.29, 0.717) is 5.56 Å². The number of carbonyl (C=O) groups is 2. The molecule has 0 aromatic heterocycles. The van der Waals surface area contributed by atoms with Crippen molar-refractivity contribution >= 4 is 22.6 Å². The highest BCUT2D eigenvalue weighted by atomic mass is 16.4. The van der Waals surface area contributed by atoms with Crippen LogP contribution < -0.4 is 0 Å². The highest BCUT2D eigenvalue weighted by Crippen LogP contribution is 2.26. The standard InChI is InChI=1S/C37H35NO3/c1-37(2,3)32-22-20-30(21-23-32)35(39)38(25-31-14-9-13-29-12-7-8-15-33(29)31)34(36(40)41)24-26-16-18-28(19-17-26)27-10-5-4-6-11-27/h4-23,34H,24-25H2,1-3H3,(H,40,41)/t34-/m1/s1. The van der Waals surface area contributed by atoms with Crippen LogP contribution in [0.15, 0.2) is 121 Å². The van der Waals surface area contributed by atoms with E-state index in [9.17, 15) is 14.7 Å². The number of hydrogen-bond donors (Lipinski definition) is 1. The molecule has 1 atom stereocenters. The maximum Gasteiger partial charge on any atom is 0.326 e. The first-order valence-corrected chi connectivity index (χ1v) is 14.0. The summed E-state index contributed by atoms with van der Waals surface area (Å²) in [5.74, 6) is -1.33. The van der Waals surface area contributed by atoms with Gasteiger partial charge in [0.25, 0.3) is 5.91 Å². The molecule has 4 heteroatoms. The Hall–Kier alpha value is -4.70. The fourth-order valence-electron chi connectivity index (χ4n) is 5.23. The van der Waals surface area contributed by atoms with E-state index in [1.54, 1.807) is 0 Å². The summed E-state index contributed by atoms with van der Waals surface area (Å²) in [5, 5.41) is 12.5. The van der Waals surface area contributed by atoms with Crippen LogP contribution in [-0.2, 0) is 23.2 Å². The maximum atomic E-state index is 14.1. The average Bonchev–Trinajstić information content (AvgIpc) is 2.99. The summed E-state index contributed by atoms with van der Waals surface area (Å²) >= 11 is 0. The van der Waals surface area contributed by atoms with Gasteiger partial charge in [-0.1, -0.05) is 130 Å². The molecule has 0 bridgehead atoms. The Morgan fingerprint density at radius 3 is 1.98 bits per heavy atom. The molecule has 0 heterocycles. The second-order valence-electron chi connectivity index (χ2n) is 11.5. The van der Waals surface area contributed by atoms with Crippen molar-refractivity contribution in [3.63, 3.8) is 0 Å². The van der Waals surface area contributed by atoms with E-state index < -0.39 is 12.0 Å². The normalized spacial score (nSPS) is 12.2. The molecular formula is C37H35NO3. The van der Waals surface area contributed by atoms with Crippen molar-refractivity contribution in [1.82, 2.24) is 4.90 Å². The van der Waals surface area contributed by atoms with Crippen LogP contribution in [-0.4, -0.2) is 27.9 Å². The summed E-state index contributed by atoms with van der Waals surface area (Å²) in [6.45, 7) is 6.56. The van der Waals surface area contributed by atoms with E-state index in [-0.39, 0.29) is 24.3 Å². The number of nitrogens with zero attached hydrogens (tertiary/aromatic N) is 1. The molecule has 0 saturated heterocycles. The quantitative estimate of drug-likeness (QED) is 0.216. The highest BCUT2D eigenvalue weighted by Gasteiger charge is 2.31. The molecule has 0 spiro atoms. The predicted molar refractivity (Wildman–Crippen MR) is 166 cm³/mol. The van der Waals surface area contributed by atoms with E-state index in [0.717, 1.165) is 38.6 Å². The fraction of sp³-hybridized carbons (Fsp3) is 0.189. The van der Waals surface area contributed by atoms with Crippen LogP contribution in [0, 0.1) is 0 Å². The van der Waals surface area contributed by atoms with Crippen molar-refractivity contribution in [2.45, 2.75) is 45.2 Å². The van der Waals surface area contributed by atoms with Crippen molar-refractivity contribution in [2.24, 2.45) is 0 Å². The van der Waals surface area contributed by atoms with Crippen molar-refractivity contribution in [3.05, 3.63) is 144 Å². The van der Waals surface area contributed by atoms with Crippen LogP contribution in [0.3, 0.4) is 0 Å². The van der Waals surface area contributed by atoms with Gasteiger partial charge in [-0.3, -0.25) is 4.79 Å². The molecular weight excluding hydrogens is 506 g/mol. The van der Waals surface area contributed by atoms with Gasteiger partial charge in [-0.15, -0.1) is 0 Å². The Balaban J connectivity index is 1.51. The van der Waals surface area contributed by atoms with Gasteiger partial charge in [-0.2, -0.15) is 0 Å². The average molecular weight is 542 g/mol. The van der Waals surface area contributed by atoms with Crippen LogP contribution in [0.25, 0.3) is 21.9 Å². The van der Waals surface area contributed by atoms with Gasteiger partial charge in [-0.05, 0) is 56.1 Å². The summed E-state index contributed by atoms with van der Waals surface area (Å²) in [5.41, 5.74) is 5.46. The van der Waals surface area contributed by atoms with Crippen molar-refractivity contribution in [1.29, 1.82) is 0 Å². The summed E-state index contributed by atoms with van der Waals surface area (Å²) in [6.07, 6.45) is 0.195. The molecule has 1 N–H and O–H groups in total. The summed E-state index contributed by atoms with van der Waals surface area (Å²) < 4.78 is 0. The molecule has 0 aliphatic heterocycles. The third kappa shape index (κ3) is 6.38. The van der Waals surface area contributed by atoms with E-state index in [4.69, 9.17) is 0 Å². The number of carbonyl (C=O) groups excluding carboxylic acids is 1. The fourth-order valence-corrected chi connectivity index (χ4v) is 5.23. The number of benzene rings is 5. The maximum absolute atomic E-state index is 14.1. The zero-order valence-electron chi connectivity index (χ0n) is 23.7. The van der Waals surface area contributed by atoms with E-state index in [1.165, 1.54) is 4.90 Å². The second-order valence-corrected chi connectivity index (χ2v) is 11.5. The van der Waals surface area contributed by atoms with Crippen LogP contribution in [0.2, 0.25) is 0 Å². The smallest absolute Gasteiger partial charge is 0.326 e.